The summed E-state index contributed by atoms with van der Waals surface area (Å²) in [5.41, 5.74) is 24.7. The molecule has 0 fully saturated rings. The Morgan fingerprint density at radius 3 is 1.35 bits per heavy atom. The van der Waals surface area contributed by atoms with Crippen LogP contribution in [0.1, 0.15) is 78.3 Å². The van der Waals surface area contributed by atoms with Gasteiger partial charge < -0.3 is 38.9 Å². The van der Waals surface area contributed by atoms with E-state index in [2.05, 4.69) is 49.6 Å². The number of ketones is 1. The van der Waals surface area contributed by atoms with E-state index >= 15 is 0 Å². The number of hydrogen-bond acceptors (Lipinski definition) is 10. The van der Waals surface area contributed by atoms with E-state index in [9.17, 15) is 54.3 Å². The second kappa shape index (κ2) is 30.4. The molecule has 2 aromatic heterocycles. The molecule has 13 nitrogen and oxygen atoms in total. The molecular weight excluding hydrogens is 1030 g/mol. The SMILES string of the molecule is NC(Cc1ccccc1)C(=O)NCCCCC(N)C(=O)Nc1ccc(C#Cc2c(F)c(F)nc(F)c2F)cc1.NCCCCC(CC(=O)C(N)Cc1ccccc1)C(=O)Nc1ccc(C#Cc2c(F)c(F)nc(F)c2F)cc1. The van der Waals surface area contributed by atoms with Crippen LogP contribution in [-0.2, 0) is 32.0 Å². The van der Waals surface area contributed by atoms with Crippen molar-refractivity contribution in [3.8, 4) is 23.7 Å². The Bertz CT molecular complexity index is 3080. The molecule has 0 aliphatic heterocycles. The summed E-state index contributed by atoms with van der Waals surface area (Å²) in [4.78, 5) is 55.3. The number of rotatable bonds is 21. The lowest BCUT2D eigenvalue weighted by atomic mass is 9.91. The molecular formula is C57H55F8N9O4. The van der Waals surface area contributed by atoms with Crippen molar-refractivity contribution in [2.24, 2.45) is 28.9 Å². The minimum absolute atomic E-state index is 0.0237. The molecule has 0 spiro atoms. The number of anilines is 2. The third-order valence-electron chi connectivity index (χ3n) is 11.7. The number of hydrogen-bond donors (Lipinski definition) is 7. The summed E-state index contributed by atoms with van der Waals surface area (Å²) >= 11 is 0. The quantitative estimate of drug-likeness (QED) is 0.0163. The minimum Gasteiger partial charge on any atom is -0.355 e. The van der Waals surface area contributed by atoms with Crippen LogP contribution >= 0.6 is 0 Å². The topological polar surface area (TPSA) is 234 Å². The number of halogens is 8. The number of pyridine rings is 2. The highest BCUT2D eigenvalue weighted by atomic mass is 19.2. The van der Waals surface area contributed by atoms with Crippen molar-refractivity contribution >= 4 is 34.9 Å². The Morgan fingerprint density at radius 1 is 0.474 bits per heavy atom. The van der Waals surface area contributed by atoms with E-state index in [0.717, 1.165) is 11.1 Å². The van der Waals surface area contributed by atoms with Gasteiger partial charge in [-0.1, -0.05) is 90.8 Å². The summed E-state index contributed by atoms with van der Waals surface area (Å²) in [6.07, 6.45) is 4.19. The summed E-state index contributed by atoms with van der Waals surface area (Å²) in [6.45, 7) is 0.871. The normalized spacial score (nSPS) is 12.2. The third-order valence-corrected chi connectivity index (χ3v) is 11.7. The number of unbranched alkanes of at least 4 members (excludes halogenated alkanes) is 2. The third kappa shape index (κ3) is 18.7. The van der Waals surface area contributed by atoms with E-state index in [1.54, 1.807) is 0 Å². The predicted molar refractivity (Wildman–Crippen MR) is 277 cm³/mol. The minimum atomic E-state index is -1.79. The predicted octanol–water partition coefficient (Wildman–Crippen LogP) is 7.41. The van der Waals surface area contributed by atoms with Crippen LogP contribution in [0.3, 0.4) is 0 Å². The number of Topliss-reactive ketones (excluding diaryl/α,β-unsaturated/α-hetero) is 1. The maximum Gasteiger partial charge on any atom is 0.253 e. The van der Waals surface area contributed by atoms with E-state index < -0.39 is 88.1 Å². The molecule has 6 aromatic rings. The maximum absolute atomic E-state index is 13.8. The molecule has 4 atom stereocenters. The zero-order valence-electron chi connectivity index (χ0n) is 41.8. The highest BCUT2D eigenvalue weighted by molar-refractivity contribution is 5.96. The molecule has 6 rings (SSSR count). The average molecular weight is 1080 g/mol. The summed E-state index contributed by atoms with van der Waals surface area (Å²) in [5, 5.41) is 8.19. The first kappa shape index (κ1) is 60.5. The van der Waals surface area contributed by atoms with E-state index in [0.29, 0.717) is 75.8 Å². The Morgan fingerprint density at radius 2 is 0.897 bits per heavy atom. The Labute approximate surface area is 445 Å². The number of carbonyl (C=O) groups excluding carboxylic acids is 4. The van der Waals surface area contributed by atoms with Gasteiger partial charge in [-0.05, 0) is 111 Å². The molecule has 2 heterocycles. The van der Waals surface area contributed by atoms with Gasteiger partial charge >= 0.3 is 0 Å². The van der Waals surface area contributed by atoms with Crippen molar-refractivity contribution in [3.05, 3.63) is 190 Å². The average Bonchev–Trinajstić information content (AvgIpc) is 3.43. The molecule has 0 saturated carbocycles. The summed E-state index contributed by atoms with van der Waals surface area (Å²) in [6, 6.07) is 28.4. The monoisotopic (exact) mass is 1080 g/mol. The maximum atomic E-state index is 13.8. The summed E-state index contributed by atoms with van der Waals surface area (Å²) in [7, 11) is 0. The summed E-state index contributed by atoms with van der Waals surface area (Å²) in [5.74, 6) is -6.85. The number of aromatic nitrogens is 2. The highest BCUT2D eigenvalue weighted by Gasteiger charge is 2.26. The summed E-state index contributed by atoms with van der Waals surface area (Å²) < 4.78 is 108. The number of nitrogens with zero attached hydrogens (tertiary/aromatic N) is 2. The van der Waals surface area contributed by atoms with Gasteiger partial charge in [0.15, 0.2) is 29.1 Å². The molecule has 0 aliphatic rings. The Balaban J connectivity index is 0.000000287. The van der Waals surface area contributed by atoms with Gasteiger partial charge in [-0.2, -0.15) is 27.5 Å². The van der Waals surface area contributed by atoms with Crippen LogP contribution in [0.2, 0.25) is 0 Å². The number of carbonyl (C=O) groups is 4. The van der Waals surface area contributed by atoms with Crippen molar-refractivity contribution in [2.75, 3.05) is 23.7 Å². The molecule has 4 aromatic carbocycles. The van der Waals surface area contributed by atoms with Crippen LogP contribution in [-0.4, -0.2) is 64.7 Å². The molecule has 11 N–H and O–H groups in total. The van der Waals surface area contributed by atoms with E-state index in [1.165, 1.54) is 48.5 Å². The van der Waals surface area contributed by atoms with Crippen molar-refractivity contribution in [1.29, 1.82) is 0 Å². The molecule has 0 bridgehead atoms. The van der Waals surface area contributed by atoms with Crippen molar-refractivity contribution in [1.82, 2.24) is 15.3 Å². The second-order valence-corrected chi connectivity index (χ2v) is 17.7. The number of nitrogens with two attached hydrogens (primary N) is 4. The molecule has 3 amide bonds. The Hall–Kier alpha value is -8.34. The highest BCUT2D eigenvalue weighted by Crippen LogP contribution is 2.21. The first-order valence-electron chi connectivity index (χ1n) is 24.5. The van der Waals surface area contributed by atoms with E-state index in [4.69, 9.17) is 22.9 Å². The van der Waals surface area contributed by atoms with Gasteiger partial charge in [-0.25, -0.2) is 17.6 Å². The van der Waals surface area contributed by atoms with Crippen LogP contribution in [0.4, 0.5) is 46.5 Å². The van der Waals surface area contributed by atoms with E-state index in [1.807, 2.05) is 60.7 Å². The van der Waals surface area contributed by atoms with Gasteiger partial charge in [-0.15, -0.1) is 0 Å². The standard InChI is InChI=1S/C29H28F4N4O2.C28H27F4N5O2/c30-25-22(26(31)28(33)37-27(25)32)14-11-18-9-12-21(13-10-18)36-29(39)20(8-4-5-15-34)17-24(38)23(35)16-19-6-2-1-3-7-19;29-23-20(24(30)26(32)37-25(23)31)14-11-17-9-12-19(13-10-17)36-28(39)21(33)8-4-5-15-35-27(38)22(34)16-18-6-2-1-3-7-18/h1-3,6-7,9-10,12-13,20,23H,4-5,8,15-17,34-35H2,(H,36,39);1-3,6-7,9-10,12-13,21-22H,4-5,8,15-16,33-34H2,(H,35,38)(H,36,39). The van der Waals surface area contributed by atoms with Crippen molar-refractivity contribution in [2.45, 2.75) is 75.9 Å². The van der Waals surface area contributed by atoms with Crippen molar-refractivity contribution in [3.63, 3.8) is 0 Å². The molecule has 0 aliphatic carbocycles. The van der Waals surface area contributed by atoms with Crippen LogP contribution in [0, 0.1) is 76.7 Å². The second-order valence-electron chi connectivity index (χ2n) is 17.7. The largest absolute Gasteiger partial charge is 0.355 e. The lowest BCUT2D eigenvalue weighted by Crippen LogP contribution is -2.42. The fourth-order valence-electron chi connectivity index (χ4n) is 7.38. The molecule has 408 valence electrons. The van der Waals surface area contributed by atoms with Crippen LogP contribution < -0.4 is 38.9 Å². The number of benzene rings is 4. The zero-order valence-corrected chi connectivity index (χ0v) is 41.8. The molecule has 21 heteroatoms. The molecule has 0 saturated heterocycles. The fourth-order valence-corrected chi connectivity index (χ4v) is 7.38. The first-order chi connectivity index (χ1) is 37.3. The van der Waals surface area contributed by atoms with Gasteiger partial charge in [0.1, 0.15) is 11.1 Å². The van der Waals surface area contributed by atoms with Crippen LogP contribution in [0.25, 0.3) is 0 Å². The lowest BCUT2D eigenvalue weighted by molar-refractivity contribution is -0.127. The molecule has 78 heavy (non-hydrogen) atoms. The van der Waals surface area contributed by atoms with Gasteiger partial charge in [-0.3, -0.25) is 19.2 Å². The zero-order chi connectivity index (χ0) is 56.7. The van der Waals surface area contributed by atoms with Gasteiger partial charge in [0.25, 0.3) is 23.8 Å². The van der Waals surface area contributed by atoms with Gasteiger partial charge in [0.05, 0.1) is 18.1 Å². The van der Waals surface area contributed by atoms with Crippen LogP contribution in [0.15, 0.2) is 109 Å². The smallest absolute Gasteiger partial charge is 0.253 e. The lowest BCUT2D eigenvalue weighted by Gasteiger charge is -2.18. The van der Waals surface area contributed by atoms with Crippen molar-refractivity contribution < 1.29 is 54.3 Å². The fraction of sp³-hybridized carbons (Fsp3) is 0.263. The number of amides is 3. The van der Waals surface area contributed by atoms with Crippen LogP contribution in [0.5, 0.6) is 0 Å². The van der Waals surface area contributed by atoms with E-state index in [-0.39, 0.29) is 35.1 Å². The molecule has 4 unspecified atom stereocenters. The first-order valence-corrected chi connectivity index (χ1v) is 24.5. The van der Waals surface area contributed by atoms with Gasteiger partial charge in [0.2, 0.25) is 17.7 Å². The van der Waals surface area contributed by atoms with Gasteiger partial charge in [0, 0.05) is 41.4 Å². The number of nitrogens with one attached hydrogen (secondary N) is 3. The molecule has 0 radical (unpaired) electrons. The Kier molecular flexibility index (Phi) is 23.6.